The van der Waals surface area contributed by atoms with Gasteiger partial charge in [-0.25, -0.2) is 9.97 Å². The van der Waals surface area contributed by atoms with Crippen molar-refractivity contribution in [3.8, 4) is 22.5 Å². The van der Waals surface area contributed by atoms with Gasteiger partial charge in [-0.3, -0.25) is 4.79 Å². The topological polar surface area (TPSA) is 102 Å². The van der Waals surface area contributed by atoms with Crippen LogP contribution in [-0.4, -0.2) is 40.9 Å². The van der Waals surface area contributed by atoms with Crippen molar-refractivity contribution in [2.45, 2.75) is 52.5 Å². The van der Waals surface area contributed by atoms with Gasteiger partial charge in [0.15, 0.2) is 5.65 Å². The number of Topliss-reactive ketones (excluding diaryl/α,β-unsaturated/α-hetero) is 1. The summed E-state index contributed by atoms with van der Waals surface area (Å²) in [5.74, 6) is 1.73. The van der Waals surface area contributed by atoms with Gasteiger partial charge in [0.05, 0.1) is 11.7 Å². The molecule has 3 heterocycles. The van der Waals surface area contributed by atoms with Crippen LogP contribution < -0.4 is 0 Å². The predicted octanol–water partition coefficient (Wildman–Crippen LogP) is 4.82. The van der Waals surface area contributed by atoms with Crippen LogP contribution in [0.5, 0.6) is 0 Å². The van der Waals surface area contributed by atoms with E-state index in [1.807, 2.05) is 24.3 Å². The number of rotatable bonds is 6. The van der Waals surface area contributed by atoms with Crippen molar-refractivity contribution in [2.24, 2.45) is 0 Å². The lowest BCUT2D eigenvalue weighted by molar-refractivity contribution is -0.116. The van der Waals surface area contributed by atoms with Crippen LogP contribution in [0.25, 0.3) is 33.7 Å². The first-order chi connectivity index (χ1) is 17.5. The number of imidazole rings is 1. The number of hydrogen-bond donors (Lipinski definition) is 1. The van der Waals surface area contributed by atoms with Crippen LogP contribution in [0.4, 0.5) is 0 Å². The molecule has 5 aromatic rings. The monoisotopic (exact) mass is 477 g/mol. The van der Waals surface area contributed by atoms with Crippen LogP contribution in [0, 0.1) is 6.92 Å². The van der Waals surface area contributed by atoms with Crippen LogP contribution in [0.1, 0.15) is 54.5 Å². The van der Waals surface area contributed by atoms with E-state index in [1.54, 1.807) is 6.92 Å². The average Bonchev–Trinajstić information content (AvgIpc) is 3.62. The number of fused-ring (bicyclic) bond motifs is 2. The summed E-state index contributed by atoms with van der Waals surface area (Å²) in [6.07, 6.45) is 3.13. The molecule has 1 aliphatic rings. The zero-order valence-electron chi connectivity index (χ0n) is 20.6. The van der Waals surface area contributed by atoms with Gasteiger partial charge in [-0.05, 0) is 65.8 Å². The summed E-state index contributed by atoms with van der Waals surface area (Å²) < 4.78 is 2.31. The third-order valence-electron chi connectivity index (χ3n) is 7.04. The van der Waals surface area contributed by atoms with Crippen LogP contribution in [0.2, 0.25) is 0 Å². The second-order valence-corrected chi connectivity index (χ2v) is 9.48. The van der Waals surface area contributed by atoms with Gasteiger partial charge in [-0.1, -0.05) is 49.4 Å². The highest BCUT2D eigenvalue weighted by molar-refractivity contribution is 5.82. The fraction of sp³-hybridized carbons (Fsp3) is 0.286. The van der Waals surface area contributed by atoms with Gasteiger partial charge in [-0.15, -0.1) is 10.2 Å². The highest BCUT2D eigenvalue weighted by atomic mass is 16.1. The Bertz CT molecular complexity index is 1600. The Morgan fingerprint density at radius 2 is 1.94 bits per heavy atom. The number of tetrazole rings is 1. The molecule has 0 saturated carbocycles. The van der Waals surface area contributed by atoms with Crippen LogP contribution >= 0.6 is 0 Å². The molecule has 36 heavy (non-hydrogen) atoms. The van der Waals surface area contributed by atoms with E-state index in [4.69, 9.17) is 9.97 Å². The van der Waals surface area contributed by atoms with Gasteiger partial charge in [0.2, 0.25) is 5.82 Å². The standard InChI is InChI=1S/C28H27N7O/c1-4-25-30-26-16(2)13-20(14-17(3)36)29-28(26)35(25)24-12-10-19-15-18(9-11-22(19)24)21-7-5-6-8-23(21)27-31-33-34-32-27/h5-9,11,13,15,24H,4,10,12,14H2,1-3H3,(H,31,32,33,34). The molecule has 1 unspecified atom stereocenters. The minimum Gasteiger partial charge on any atom is -0.305 e. The Hall–Kier alpha value is -4.20. The maximum absolute atomic E-state index is 11.8. The van der Waals surface area contributed by atoms with Crippen LogP contribution in [0.15, 0.2) is 48.5 Å². The normalized spacial score (nSPS) is 14.9. The van der Waals surface area contributed by atoms with Gasteiger partial charge in [0.1, 0.15) is 17.1 Å². The fourth-order valence-electron chi connectivity index (χ4n) is 5.49. The minimum atomic E-state index is 0.114. The van der Waals surface area contributed by atoms with Gasteiger partial charge in [0, 0.05) is 18.4 Å². The molecule has 0 spiro atoms. The average molecular weight is 478 g/mol. The first-order valence-electron chi connectivity index (χ1n) is 12.4. The number of hydrogen-bond acceptors (Lipinski definition) is 6. The van der Waals surface area contributed by atoms with Crippen molar-refractivity contribution in [3.05, 3.63) is 76.7 Å². The molecule has 0 saturated heterocycles. The molecule has 180 valence electrons. The molecule has 2 aromatic carbocycles. The Morgan fingerprint density at radius 1 is 1.11 bits per heavy atom. The summed E-state index contributed by atoms with van der Waals surface area (Å²) in [4.78, 5) is 21.7. The van der Waals surface area contributed by atoms with Crippen LogP contribution in [-0.2, 0) is 24.1 Å². The van der Waals surface area contributed by atoms with Crippen molar-refractivity contribution in [1.82, 2.24) is 35.2 Å². The van der Waals surface area contributed by atoms with Crippen molar-refractivity contribution >= 4 is 16.9 Å². The Balaban J connectivity index is 1.44. The molecular formula is C28H27N7O. The van der Waals surface area contributed by atoms with Gasteiger partial charge in [-0.2, -0.15) is 5.21 Å². The molecule has 0 amide bonds. The fourth-order valence-corrected chi connectivity index (χ4v) is 5.49. The van der Waals surface area contributed by atoms with E-state index in [-0.39, 0.29) is 11.8 Å². The first-order valence-corrected chi connectivity index (χ1v) is 12.4. The van der Waals surface area contributed by atoms with E-state index in [0.717, 1.165) is 64.2 Å². The van der Waals surface area contributed by atoms with Gasteiger partial charge < -0.3 is 4.57 Å². The summed E-state index contributed by atoms with van der Waals surface area (Å²) in [5.41, 5.74) is 9.50. The molecule has 0 aliphatic heterocycles. The van der Waals surface area contributed by atoms with E-state index in [2.05, 4.69) is 63.3 Å². The molecule has 0 radical (unpaired) electrons. The quantitative estimate of drug-likeness (QED) is 0.376. The molecular weight excluding hydrogens is 450 g/mol. The lowest BCUT2D eigenvalue weighted by Crippen LogP contribution is -2.12. The number of H-pyrrole nitrogens is 1. The molecule has 1 N–H and O–H groups in total. The van der Waals surface area contributed by atoms with Crippen molar-refractivity contribution in [2.75, 3.05) is 0 Å². The summed E-state index contributed by atoms with van der Waals surface area (Å²) in [6.45, 7) is 5.80. The number of benzene rings is 2. The SMILES string of the molecule is CCc1nc2c(C)cc(CC(C)=O)nc2n1C1CCc2cc(-c3ccccc3-c3nn[nH]n3)ccc21. The lowest BCUT2D eigenvalue weighted by atomic mass is 9.96. The molecule has 3 aromatic heterocycles. The largest absolute Gasteiger partial charge is 0.305 e. The molecule has 1 atom stereocenters. The molecule has 8 heteroatoms. The third-order valence-corrected chi connectivity index (χ3v) is 7.04. The zero-order chi connectivity index (χ0) is 24.8. The first kappa shape index (κ1) is 22.3. The minimum absolute atomic E-state index is 0.114. The number of aromatic amines is 1. The number of nitrogens with one attached hydrogen (secondary N) is 1. The van der Waals surface area contributed by atoms with Crippen LogP contribution in [0.3, 0.4) is 0 Å². The van der Waals surface area contributed by atoms with Crippen molar-refractivity contribution in [3.63, 3.8) is 0 Å². The Labute approximate surface area is 208 Å². The highest BCUT2D eigenvalue weighted by Gasteiger charge is 2.29. The highest BCUT2D eigenvalue weighted by Crippen LogP contribution is 2.40. The van der Waals surface area contributed by atoms with Gasteiger partial charge >= 0.3 is 0 Å². The number of carbonyl (C=O) groups excluding carboxylic acids is 1. The molecule has 0 fully saturated rings. The summed E-state index contributed by atoms with van der Waals surface area (Å²) in [5, 5.41) is 14.6. The molecule has 0 bridgehead atoms. The number of ketones is 1. The molecule has 6 rings (SSSR count). The Kier molecular flexibility index (Phi) is 5.44. The number of aromatic nitrogens is 7. The second kappa shape index (κ2) is 8.78. The summed E-state index contributed by atoms with van der Waals surface area (Å²) in [7, 11) is 0. The lowest BCUT2D eigenvalue weighted by Gasteiger charge is -2.18. The summed E-state index contributed by atoms with van der Waals surface area (Å²) in [6, 6.07) is 17.0. The second-order valence-electron chi connectivity index (χ2n) is 9.48. The van der Waals surface area contributed by atoms with E-state index in [0.29, 0.717) is 12.2 Å². The number of aryl methyl sites for hydroxylation is 3. The van der Waals surface area contributed by atoms with Crippen molar-refractivity contribution in [1.29, 1.82) is 0 Å². The van der Waals surface area contributed by atoms with E-state index in [1.165, 1.54) is 11.1 Å². The Morgan fingerprint density at radius 3 is 2.69 bits per heavy atom. The number of nitrogens with zero attached hydrogens (tertiary/aromatic N) is 6. The van der Waals surface area contributed by atoms with E-state index < -0.39 is 0 Å². The van der Waals surface area contributed by atoms with E-state index in [9.17, 15) is 4.79 Å². The molecule has 8 nitrogen and oxygen atoms in total. The maximum atomic E-state index is 11.8. The third kappa shape index (κ3) is 3.69. The smallest absolute Gasteiger partial charge is 0.205 e. The maximum Gasteiger partial charge on any atom is 0.205 e. The number of carbonyl (C=O) groups is 1. The number of pyridine rings is 1. The van der Waals surface area contributed by atoms with E-state index >= 15 is 0 Å². The van der Waals surface area contributed by atoms with Gasteiger partial charge in [0.25, 0.3) is 0 Å². The predicted molar refractivity (Wildman–Crippen MR) is 138 cm³/mol. The summed E-state index contributed by atoms with van der Waals surface area (Å²) >= 11 is 0. The zero-order valence-corrected chi connectivity index (χ0v) is 20.6. The molecule has 1 aliphatic carbocycles. The van der Waals surface area contributed by atoms with Crippen molar-refractivity contribution < 1.29 is 4.79 Å².